The zero-order chi connectivity index (χ0) is 24.8. The van der Waals surface area contributed by atoms with Gasteiger partial charge in [-0.15, -0.1) is 0 Å². The third-order valence-corrected chi connectivity index (χ3v) is 4.70. The number of aliphatic hydroxyl groups excluding tert-OH is 3. The summed E-state index contributed by atoms with van der Waals surface area (Å²) in [5.74, 6) is -1.11. The maximum Gasteiger partial charge on any atom is 0.469 e. The van der Waals surface area contributed by atoms with Gasteiger partial charge in [-0.2, -0.15) is 0 Å². The van der Waals surface area contributed by atoms with Crippen molar-refractivity contribution in [1.29, 1.82) is 0 Å². The van der Waals surface area contributed by atoms with E-state index in [4.69, 9.17) is 24.7 Å². The lowest BCUT2D eigenvalue weighted by atomic mass is 9.92. The molecule has 0 aliphatic heterocycles. The van der Waals surface area contributed by atoms with Crippen LogP contribution in [0.1, 0.15) is 26.2 Å². The number of methoxy groups -OCH3 is 1. The van der Waals surface area contributed by atoms with Crippen LogP contribution in [0.2, 0.25) is 0 Å². The van der Waals surface area contributed by atoms with Crippen LogP contribution in [0.25, 0.3) is 0 Å². The average molecular weight is 480 g/mol. The topological polar surface area (TPSA) is 194 Å². The summed E-state index contributed by atoms with van der Waals surface area (Å²) in [6.07, 6.45) is 5.51. The predicted octanol–water partition coefficient (Wildman–Crippen LogP) is 0.424. The molecule has 0 aromatic carbocycles. The van der Waals surface area contributed by atoms with Crippen LogP contribution in [-0.4, -0.2) is 85.0 Å². The molecule has 0 unspecified atom stereocenters. The van der Waals surface area contributed by atoms with E-state index in [0.29, 0.717) is 0 Å². The van der Waals surface area contributed by atoms with Crippen LogP contribution in [-0.2, 0) is 18.6 Å². The van der Waals surface area contributed by atoms with Gasteiger partial charge >= 0.3 is 13.8 Å². The quantitative estimate of drug-likeness (QED) is 0.0919. The molecule has 0 rings (SSSR count). The van der Waals surface area contributed by atoms with Crippen LogP contribution in [0, 0.1) is 0 Å². The van der Waals surface area contributed by atoms with Gasteiger partial charge in [-0.25, -0.2) is 4.57 Å². The van der Waals surface area contributed by atoms with Gasteiger partial charge in [0.25, 0.3) is 0 Å². The summed E-state index contributed by atoms with van der Waals surface area (Å²) in [7, 11) is -3.74. The fourth-order valence-corrected chi connectivity index (χ4v) is 3.16. The Morgan fingerprint density at radius 1 is 1.06 bits per heavy atom. The van der Waals surface area contributed by atoms with Crippen molar-refractivity contribution in [2.45, 2.75) is 56.2 Å². The van der Waals surface area contributed by atoms with E-state index in [9.17, 15) is 24.7 Å². The number of hydrogen-bond acceptors (Lipinski definition) is 8. The molecule has 0 fully saturated rings. The molecular weight excluding hydrogens is 447 g/mol. The van der Waals surface area contributed by atoms with E-state index in [1.54, 1.807) is 18.2 Å². The summed E-state index contributed by atoms with van der Waals surface area (Å²) >= 11 is 0. The van der Waals surface area contributed by atoms with E-state index < -0.39 is 50.2 Å². The number of aliphatic hydroxyl groups is 4. The first-order valence-electron chi connectivity index (χ1n) is 9.68. The maximum absolute atomic E-state index is 11.3. The molecule has 0 aromatic rings. The molecular formula is C20H33O11P. The van der Waals surface area contributed by atoms with Crippen LogP contribution >= 0.6 is 7.82 Å². The molecule has 184 valence electrons. The Kier molecular flexibility index (Phi) is 14.4. The van der Waals surface area contributed by atoms with Gasteiger partial charge in [0.2, 0.25) is 0 Å². The van der Waals surface area contributed by atoms with Crippen LogP contribution in [0.5, 0.6) is 0 Å². The fraction of sp³-hybridized carbons (Fsp3) is 0.550. The molecule has 0 saturated heterocycles. The number of hydrogen-bond donors (Lipinski definition) is 7. The van der Waals surface area contributed by atoms with Crippen molar-refractivity contribution in [3.05, 3.63) is 48.6 Å². The van der Waals surface area contributed by atoms with Crippen molar-refractivity contribution in [3.8, 4) is 0 Å². The number of rotatable bonds is 16. The normalized spacial score (nSPS) is 19.0. The second-order valence-corrected chi connectivity index (χ2v) is 8.30. The van der Waals surface area contributed by atoms with E-state index in [2.05, 4.69) is 4.52 Å². The average Bonchev–Trinajstić information content (AvgIpc) is 2.66. The van der Waals surface area contributed by atoms with Crippen molar-refractivity contribution in [3.63, 3.8) is 0 Å². The van der Waals surface area contributed by atoms with Crippen LogP contribution in [0.3, 0.4) is 0 Å². The largest absolute Gasteiger partial charge is 0.481 e. The zero-order valence-corrected chi connectivity index (χ0v) is 18.9. The smallest absolute Gasteiger partial charge is 0.469 e. The molecule has 0 aliphatic rings. The van der Waals surface area contributed by atoms with Crippen molar-refractivity contribution < 1.29 is 53.9 Å². The monoisotopic (exact) mass is 480 g/mol. The Balaban J connectivity index is 5.27. The number of carboxylic acids is 1. The van der Waals surface area contributed by atoms with Gasteiger partial charge in [0, 0.05) is 20.0 Å². The Morgan fingerprint density at radius 3 is 2.19 bits per heavy atom. The lowest BCUT2D eigenvalue weighted by molar-refractivity contribution is -0.140. The van der Waals surface area contributed by atoms with Gasteiger partial charge < -0.3 is 40.1 Å². The number of phosphoric acid groups is 1. The van der Waals surface area contributed by atoms with Crippen LogP contribution < -0.4 is 0 Å². The van der Waals surface area contributed by atoms with Crippen molar-refractivity contribution in [2.24, 2.45) is 0 Å². The summed E-state index contributed by atoms with van der Waals surface area (Å²) in [6.45, 7) is 1.05. The van der Waals surface area contributed by atoms with E-state index in [-0.39, 0.29) is 19.4 Å². The third-order valence-electron chi connectivity index (χ3n) is 4.18. The summed E-state index contributed by atoms with van der Waals surface area (Å²) in [4.78, 5) is 29.1. The Labute approximate surface area is 186 Å². The molecule has 0 amide bonds. The molecule has 0 aliphatic carbocycles. The zero-order valence-electron chi connectivity index (χ0n) is 18.0. The molecule has 0 bridgehead atoms. The van der Waals surface area contributed by atoms with Crippen molar-refractivity contribution in [2.75, 3.05) is 13.7 Å². The molecule has 0 spiro atoms. The fourth-order valence-electron chi connectivity index (χ4n) is 2.53. The first-order valence-corrected chi connectivity index (χ1v) is 11.2. The molecule has 0 aromatic heterocycles. The lowest BCUT2D eigenvalue weighted by Gasteiger charge is -2.31. The minimum atomic E-state index is -5.03. The van der Waals surface area contributed by atoms with E-state index in [1.807, 2.05) is 0 Å². The molecule has 5 atom stereocenters. The summed E-state index contributed by atoms with van der Waals surface area (Å²) in [5, 5.41) is 48.3. The summed E-state index contributed by atoms with van der Waals surface area (Å²) in [6, 6.07) is 0. The van der Waals surface area contributed by atoms with Gasteiger partial charge in [0.15, 0.2) is 0 Å². The number of allylic oxidation sites excluding steroid dienone is 4. The van der Waals surface area contributed by atoms with Crippen LogP contribution in [0.4, 0.5) is 0 Å². The summed E-state index contributed by atoms with van der Waals surface area (Å²) in [5.41, 5.74) is -2.01. The third kappa shape index (κ3) is 15.2. The molecule has 7 N–H and O–H groups in total. The molecule has 0 heterocycles. The van der Waals surface area contributed by atoms with E-state index in [0.717, 1.165) is 12.2 Å². The maximum atomic E-state index is 11.3. The van der Waals surface area contributed by atoms with Gasteiger partial charge in [-0.3, -0.25) is 9.32 Å². The van der Waals surface area contributed by atoms with Gasteiger partial charge in [-0.1, -0.05) is 48.6 Å². The SMILES string of the molecule is CO[C@H](CC(=O)O)C[C@@H](O)/C=C/[C@@](C)(O)[C@@H](C[C@@H](O)\C=C/C=C\C=C\CO)OP(=O)(O)O. The van der Waals surface area contributed by atoms with E-state index in [1.165, 1.54) is 32.3 Å². The predicted molar refractivity (Wildman–Crippen MR) is 115 cm³/mol. The van der Waals surface area contributed by atoms with Crippen molar-refractivity contribution in [1.82, 2.24) is 0 Å². The Morgan fingerprint density at radius 2 is 1.66 bits per heavy atom. The lowest BCUT2D eigenvalue weighted by Crippen LogP contribution is -2.41. The highest BCUT2D eigenvalue weighted by Crippen LogP contribution is 2.41. The number of ether oxygens (including phenoxy) is 1. The first-order chi connectivity index (χ1) is 14.8. The first kappa shape index (κ1) is 30.3. The standard InChI is InChI=1S/C20H33O11P/c1-20(26,10-9-16(23)12-17(30-2)14-19(24)25)18(31-32(27,28)29)13-15(22)8-6-4-3-5-7-11-21/h3-10,15-18,21-23,26H,11-14H2,1-2H3,(H,24,25)(H2,27,28,29)/b4-3-,7-5+,8-6-,10-9+/t15-,16-,17-,18+,20+/m0/s1. The van der Waals surface area contributed by atoms with Gasteiger partial charge in [0.1, 0.15) is 11.7 Å². The van der Waals surface area contributed by atoms with Crippen LogP contribution in [0.15, 0.2) is 48.6 Å². The Bertz CT molecular complexity index is 708. The molecule has 0 radical (unpaired) electrons. The molecule has 32 heavy (non-hydrogen) atoms. The second kappa shape index (κ2) is 15.2. The summed E-state index contributed by atoms with van der Waals surface area (Å²) < 4.78 is 21.0. The highest BCUT2D eigenvalue weighted by molar-refractivity contribution is 7.46. The molecule has 12 heteroatoms. The number of carboxylic acid groups (broad SMARTS) is 1. The van der Waals surface area contributed by atoms with Gasteiger partial charge in [0.05, 0.1) is 31.3 Å². The minimum absolute atomic E-state index is 0.0954. The number of aliphatic carboxylic acids is 1. The molecule has 11 nitrogen and oxygen atoms in total. The highest BCUT2D eigenvalue weighted by atomic mass is 31.2. The second-order valence-electron chi connectivity index (χ2n) is 7.11. The van der Waals surface area contributed by atoms with Crippen molar-refractivity contribution >= 4 is 13.8 Å². The highest BCUT2D eigenvalue weighted by Gasteiger charge is 2.37. The minimum Gasteiger partial charge on any atom is -0.481 e. The van der Waals surface area contributed by atoms with Gasteiger partial charge in [-0.05, 0) is 6.92 Å². The number of carbonyl (C=O) groups is 1. The van der Waals surface area contributed by atoms with E-state index >= 15 is 0 Å². The Hall–Kier alpha value is -1.66. The number of phosphoric ester groups is 1. The molecule has 0 saturated carbocycles.